The summed E-state index contributed by atoms with van der Waals surface area (Å²) in [7, 11) is 0. The molecule has 1 aliphatic rings. The Bertz CT molecular complexity index is 231. The lowest BCUT2D eigenvalue weighted by molar-refractivity contribution is 0.0151. The Labute approximate surface area is 102 Å². The monoisotopic (exact) mass is 247 g/mol. The van der Waals surface area contributed by atoms with E-state index in [0.29, 0.717) is 12.6 Å². The summed E-state index contributed by atoms with van der Waals surface area (Å²) in [5.41, 5.74) is 1.43. The smallest absolute Gasteiger partial charge is 0.261 e. The fourth-order valence-electron chi connectivity index (χ4n) is 2.22. The molecule has 4 heteroatoms. The quantitative estimate of drug-likeness (QED) is 0.525. The fourth-order valence-corrected chi connectivity index (χ4v) is 2.22. The molecule has 1 atom stereocenters. The minimum Gasteiger partial charge on any atom is -0.375 e. The topological polar surface area (TPSA) is 21.3 Å². The molecule has 0 saturated carbocycles. The van der Waals surface area contributed by atoms with Crippen LogP contribution in [0.25, 0.3) is 0 Å². The first-order chi connectivity index (χ1) is 8.24. The van der Waals surface area contributed by atoms with Crippen LogP contribution in [0.15, 0.2) is 11.6 Å². The van der Waals surface area contributed by atoms with Gasteiger partial charge < -0.3 is 10.1 Å². The van der Waals surface area contributed by atoms with Crippen molar-refractivity contribution in [1.82, 2.24) is 5.32 Å². The maximum Gasteiger partial charge on any atom is 0.261 e. The van der Waals surface area contributed by atoms with E-state index in [-0.39, 0.29) is 0 Å². The Hall–Kier alpha value is -0.480. The molecule has 0 radical (unpaired) electrons. The standard InChI is InChI=1S/C13H23F2NO/c1-2-16-12(8-9-17-10-13(14)15)11-6-4-3-5-7-11/h6,12-13,16H,2-5,7-10H2,1H3. The Morgan fingerprint density at radius 2 is 2.24 bits per heavy atom. The third-order valence-electron chi connectivity index (χ3n) is 3.02. The van der Waals surface area contributed by atoms with Gasteiger partial charge in [-0.15, -0.1) is 0 Å². The summed E-state index contributed by atoms with van der Waals surface area (Å²) in [6.07, 6.45) is 5.51. The van der Waals surface area contributed by atoms with Crippen LogP contribution in [0.3, 0.4) is 0 Å². The van der Waals surface area contributed by atoms with Gasteiger partial charge in [0, 0.05) is 12.6 Å². The summed E-state index contributed by atoms with van der Waals surface area (Å²) >= 11 is 0. The van der Waals surface area contributed by atoms with Gasteiger partial charge in [0.25, 0.3) is 6.43 Å². The molecule has 1 unspecified atom stereocenters. The van der Waals surface area contributed by atoms with Gasteiger partial charge in [-0.3, -0.25) is 0 Å². The molecule has 0 spiro atoms. The molecule has 1 aliphatic carbocycles. The Balaban J connectivity index is 2.29. The van der Waals surface area contributed by atoms with Crippen molar-refractivity contribution >= 4 is 0 Å². The SMILES string of the molecule is CCNC(CCOCC(F)F)C1=CCCCC1. The van der Waals surface area contributed by atoms with E-state index in [1.54, 1.807) is 0 Å². The lowest BCUT2D eigenvalue weighted by Gasteiger charge is -2.24. The minimum atomic E-state index is -2.36. The van der Waals surface area contributed by atoms with Crippen molar-refractivity contribution in [2.24, 2.45) is 0 Å². The average molecular weight is 247 g/mol. The maximum atomic E-state index is 11.9. The van der Waals surface area contributed by atoms with Crippen LogP contribution in [-0.2, 0) is 4.74 Å². The van der Waals surface area contributed by atoms with E-state index in [4.69, 9.17) is 4.74 Å². The molecule has 17 heavy (non-hydrogen) atoms. The molecule has 1 rings (SSSR count). The zero-order valence-corrected chi connectivity index (χ0v) is 10.6. The van der Waals surface area contributed by atoms with Crippen molar-refractivity contribution in [2.45, 2.75) is 51.5 Å². The van der Waals surface area contributed by atoms with Crippen molar-refractivity contribution in [3.63, 3.8) is 0 Å². The zero-order valence-electron chi connectivity index (χ0n) is 10.6. The van der Waals surface area contributed by atoms with E-state index in [2.05, 4.69) is 18.3 Å². The van der Waals surface area contributed by atoms with Crippen molar-refractivity contribution in [2.75, 3.05) is 19.8 Å². The van der Waals surface area contributed by atoms with Gasteiger partial charge in [-0.2, -0.15) is 0 Å². The first kappa shape index (κ1) is 14.6. The number of allylic oxidation sites excluding steroid dienone is 1. The summed E-state index contributed by atoms with van der Waals surface area (Å²) in [5.74, 6) is 0. The highest BCUT2D eigenvalue weighted by Gasteiger charge is 2.15. The Morgan fingerprint density at radius 3 is 2.82 bits per heavy atom. The first-order valence-electron chi connectivity index (χ1n) is 6.52. The molecule has 2 nitrogen and oxygen atoms in total. The molecule has 0 heterocycles. The van der Waals surface area contributed by atoms with Crippen LogP contribution < -0.4 is 5.32 Å². The Morgan fingerprint density at radius 1 is 1.41 bits per heavy atom. The number of halogens is 2. The van der Waals surface area contributed by atoms with Crippen LogP contribution in [0, 0.1) is 0 Å². The highest BCUT2D eigenvalue weighted by atomic mass is 19.3. The van der Waals surface area contributed by atoms with Crippen LogP contribution in [0.1, 0.15) is 39.0 Å². The molecule has 0 saturated heterocycles. The molecule has 0 aromatic rings. The van der Waals surface area contributed by atoms with Crippen LogP contribution in [0.4, 0.5) is 8.78 Å². The summed E-state index contributed by atoms with van der Waals surface area (Å²) in [4.78, 5) is 0. The molecule has 0 bridgehead atoms. The second kappa shape index (κ2) is 8.59. The van der Waals surface area contributed by atoms with Gasteiger partial charge in [0.2, 0.25) is 0 Å². The molecule has 0 aliphatic heterocycles. The molecular formula is C13H23F2NO. The minimum absolute atomic E-state index is 0.304. The Kier molecular flexibility index (Phi) is 7.37. The van der Waals surface area contributed by atoms with E-state index < -0.39 is 13.0 Å². The summed E-state index contributed by atoms with van der Waals surface area (Å²) in [5, 5.41) is 3.40. The number of nitrogens with one attached hydrogen (secondary N) is 1. The van der Waals surface area contributed by atoms with Crippen molar-refractivity contribution < 1.29 is 13.5 Å². The number of likely N-dealkylation sites (N-methyl/N-ethyl adjacent to an activating group) is 1. The van der Waals surface area contributed by atoms with Crippen LogP contribution >= 0.6 is 0 Å². The second-order valence-electron chi connectivity index (χ2n) is 4.39. The van der Waals surface area contributed by atoms with E-state index >= 15 is 0 Å². The van der Waals surface area contributed by atoms with Gasteiger partial charge in [0.1, 0.15) is 6.61 Å². The van der Waals surface area contributed by atoms with Crippen LogP contribution in [-0.4, -0.2) is 32.2 Å². The molecule has 0 fully saturated rings. The number of hydrogen-bond donors (Lipinski definition) is 1. The third-order valence-corrected chi connectivity index (χ3v) is 3.02. The van der Waals surface area contributed by atoms with Gasteiger partial charge in [-0.05, 0) is 38.6 Å². The largest absolute Gasteiger partial charge is 0.375 e. The van der Waals surface area contributed by atoms with Gasteiger partial charge >= 0.3 is 0 Å². The normalized spacial score (nSPS) is 18.2. The molecule has 0 aromatic carbocycles. The maximum absolute atomic E-state index is 11.9. The molecule has 100 valence electrons. The first-order valence-corrected chi connectivity index (χ1v) is 6.52. The van der Waals surface area contributed by atoms with Crippen LogP contribution in [0.5, 0.6) is 0 Å². The van der Waals surface area contributed by atoms with Gasteiger partial charge in [-0.1, -0.05) is 18.6 Å². The molecular weight excluding hydrogens is 224 g/mol. The number of hydrogen-bond acceptors (Lipinski definition) is 2. The summed E-state index contributed by atoms with van der Waals surface area (Å²) in [6.45, 7) is 2.92. The fraction of sp³-hybridized carbons (Fsp3) is 0.846. The lowest BCUT2D eigenvalue weighted by atomic mass is 9.92. The van der Waals surface area contributed by atoms with E-state index in [9.17, 15) is 8.78 Å². The average Bonchev–Trinajstić information content (AvgIpc) is 2.34. The summed E-state index contributed by atoms with van der Waals surface area (Å²) in [6, 6.07) is 0.304. The van der Waals surface area contributed by atoms with Gasteiger partial charge in [0.05, 0.1) is 0 Å². The predicted molar refractivity (Wildman–Crippen MR) is 65.5 cm³/mol. The van der Waals surface area contributed by atoms with Crippen molar-refractivity contribution in [1.29, 1.82) is 0 Å². The number of rotatable bonds is 8. The van der Waals surface area contributed by atoms with E-state index in [0.717, 1.165) is 25.8 Å². The zero-order chi connectivity index (χ0) is 12.5. The van der Waals surface area contributed by atoms with Crippen molar-refractivity contribution in [3.8, 4) is 0 Å². The predicted octanol–water partition coefficient (Wildman–Crippen LogP) is 3.14. The number of ether oxygens (including phenoxy) is 1. The van der Waals surface area contributed by atoms with E-state index in [1.807, 2.05) is 0 Å². The molecule has 1 N–H and O–H groups in total. The van der Waals surface area contributed by atoms with Gasteiger partial charge in [-0.25, -0.2) is 8.78 Å². The molecule has 0 aromatic heterocycles. The summed E-state index contributed by atoms with van der Waals surface area (Å²) < 4.78 is 28.8. The highest BCUT2D eigenvalue weighted by Crippen LogP contribution is 2.21. The van der Waals surface area contributed by atoms with E-state index in [1.165, 1.54) is 18.4 Å². The lowest BCUT2D eigenvalue weighted by Crippen LogP contribution is -2.32. The van der Waals surface area contributed by atoms with Crippen LogP contribution in [0.2, 0.25) is 0 Å². The number of alkyl halides is 2. The molecule has 0 amide bonds. The highest BCUT2D eigenvalue weighted by molar-refractivity contribution is 5.13. The third kappa shape index (κ3) is 6.13. The second-order valence-corrected chi connectivity index (χ2v) is 4.39. The van der Waals surface area contributed by atoms with Crippen molar-refractivity contribution in [3.05, 3.63) is 11.6 Å². The van der Waals surface area contributed by atoms with Gasteiger partial charge in [0.15, 0.2) is 0 Å².